The summed E-state index contributed by atoms with van der Waals surface area (Å²) in [6.45, 7) is 16.0. The molecule has 0 heterocycles. The Morgan fingerprint density at radius 1 is 0.556 bits per heavy atom. The van der Waals surface area contributed by atoms with Crippen LogP contribution in [-0.4, -0.2) is 6.16 Å². The smallest absolute Gasteiger partial charge is 0.0163 e. The molecule has 27 heavy (non-hydrogen) atoms. The molecule has 0 bridgehead atoms. The Balaban J connectivity index is 2.32. The maximum absolute atomic E-state index is 2.43. The van der Waals surface area contributed by atoms with Crippen molar-refractivity contribution in [2.24, 2.45) is 0 Å². The van der Waals surface area contributed by atoms with Gasteiger partial charge < -0.3 is 0 Å². The largest absolute Gasteiger partial charge is 0.0654 e. The fraction of sp³-hybridized carbons (Fsp3) is 0.538. The van der Waals surface area contributed by atoms with Crippen molar-refractivity contribution in [1.82, 2.24) is 0 Å². The Morgan fingerprint density at radius 3 is 1.48 bits per heavy atom. The summed E-state index contributed by atoms with van der Waals surface area (Å²) in [5.74, 6) is 0. The van der Waals surface area contributed by atoms with Gasteiger partial charge in [-0.3, -0.25) is 0 Å². The van der Waals surface area contributed by atoms with Gasteiger partial charge in [0.1, 0.15) is 0 Å². The third-order valence-electron chi connectivity index (χ3n) is 6.38. The first-order chi connectivity index (χ1) is 12.9. The van der Waals surface area contributed by atoms with Gasteiger partial charge in [0.25, 0.3) is 0 Å². The molecule has 0 aliphatic rings. The topological polar surface area (TPSA) is 0 Å². The van der Waals surface area contributed by atoms with E-state index in [9.17, 15) is 0 Å². The lowest BCUT2D eigenvalue weighted by Crippen LogP contribution is -2.21. The van der Waals surface area contributed by atoms with Crippen molar-refractivity contribution in [3.8, 4) is 0 Å². The number of hydrogen-bond donors (Lipinski definition) is 0. The van der Waals surface area contributed by atoms with Crippen molar-refractivity contribution in [3.63, 3.8) is 0 Å². The van der Waals surface area contributed by atoms with E-state index in [0.717, 1.165) is 0 Å². The molecule has 1 heteroatoms. The van der Waals surface area contributed by atoms with Gasteiger partial charge in [0.2, 0.25) is 0 Å². The van der Waals surface area contributed by atoms with Crippen LogP contribution in [0.15, 0.2) is 24.3 Å². The highest BCUT2D eigenvalue weighted by Crippen LogP contribution is 2.39. The highest BCUT2D eigenvalue weighted by atomic mass is 31.1. The van der Waals surface area contributed by atoms with Crippen molar-refractivity contribution in [2.45, 2.75) is 87.0 Å². The summed E-state index contributed by atoms with van der Waals surface area (Å²) in [4.78, 5) is 0. The lowest BCUT2D eigenvalue weighted by Gasteiger charge is -2.25. The van der Waals surface area contributed by atoms with Gasteiger partial charge in [-0.15, -0.1) is 0 Å². The molecule has 148 valence electrons. The molecule has 0 unspecified atom stereocenters. The fourth-order valence-corrected chi connectivity index (χ4v) is 6.82. The second kappa shape index (κ2) is 10.4. The van der Waals surface area contributed by atoms with Crippen LogP contribution in [0.5, 0.6) is 0 Å². The Labute approximate surface area is 169 Å². The molecule has 0 saturated carbocycles. The summed E-state index contributed by atoms with van der Waals surface area (Å²) >= 11 is 0. The zero-order chi connectivity index (χ0) is 20.0. The first-order valence-electron chi connectivity index (χ1n) is 10.8. The zero-order valence-electron chi connectivity index (χ0n) is 18.7. The Bertz CT molecular complexity index is 700. The maximum atomic E-state index is 2.43. The summed E-state index contributed by atoms with van der Waals surface area (Å²) in [6.07, 6.45) is 9.58. The molecule has 0 spiro atoms. The lowest BCUT2D eigenvalue weighted by molar-refractivity contribution is 0.626. The van der Waals surface area contributed by atoms with Crippen LogP contribution in [0.3, 0.4) is 0 Å². The van der Waals surface area contributed by atoms with Gasteiger partial charge >= 0.3 is 0 Å². The van der Waals surface area contributed by atoms with Gasteiger partial charge in [0.15, 0.2) is 0 Å². The fourth-order valence-electron chi connectivity index (χ4n) is 3.89. The van der Waals surface area contributed by atoms with E-state index >= 15 is 0 Å². The van der Waals surface area contributed by atoms with E-state index in [-0.39, 0.29) is 7.92 Å². The number of aryl methyl sites for hydroxylation is 2. The summed E-state index contributed by atoms with van der Waals surface area (Å²) in [5.41, 5.74) is 8.83. The molecule has 0 radical (unpaired) electrons. The van der Waals surface area contributed by atoms with Crippen LogP contribution < -0.4 is 10.6 Å². The van der Waals surface area contributed by atoms with Gasteiger partial charge in [-0.2, -0.15) is 0 Å². The number of unbranched alkanes of at least 4 members (excludes halogenated alkanes) is 5. The average Bonchev–Trinajstić information content (AvgIpc) is 2.65. The Kier molecular flexibility index (Phi) is 8.56. The van der Waals surface area contributed by atoms with E-state index in [1.165, 1.54) is 78.1 Å². The van der Waals surface area contributed by atoms with E-state index in [4.69, 9.17) is 0 Å². The molecule has 2 rings (SSSR count). The molecule has 0 N–H and O–H groups in total. The number of hydrogen-bond acceptors (Lipinski definition) is 0. The van der Waals surface area contributed by atoms with Gasteiger partial charge in [-0.05, 0) is 106 Å². The van der Waals surface area contributed by atoms with Crippen molar-refractivity contribution >= 4 is 18.5 Å². The summed E-state index contributed by atoms with van der Waals surface area (Å²) in [5, 5.41) is 3.21. The van der Waals surface area contributed by atoms with Crippen molar-refractivity contribution in [3.05, 3.63) is 57.6 Å². The van der Waals surface area contributed by atoms with E-state index in [1.54, 1.807) is 10.6 Å². The SMILES string of the molecule is CCCCCCCCP(c1ccc(C)c(C)c1C)c1ccc(C)c(C)c1C. The molecule has 0 amide bonds. The second-order valence-electron chi connectivity index (χ2n) is 8.22. The minimum absolute atomic E-state index is 0.274. The van der Waals surface area contributed by atoms with E-state index in [0.29, 0.717) is 0 Å². The third kappa shape index (κ3) is 5.45. The van der Waals surface area contributed by atoms with Crippen molar-refractivity contribution in [2.75, 3.05) is 6.16 Å². The number of rotatable bonds is 9. The first kappa shape index (κ1) is 22.2. The van der Waals surface area contributed by atoms with Crippen LogP contribution in [0.4, 0.5) is 0 Å². The molecule has 2 aromatic carbocycles. The van der Waals surface area contributed by atoms with Crippen LogP contribution in [0.1, 0.15) is 78.8 Å². The predicted octanol–water partition coefficient (Wildman–Crippen LogP) is 7.33. The summed E-state index contributed by atoms with van der Waals surface area (Å²) in [7, 11) is -0.274. The summed E-state index contributed by atoms with van der Waals surface area (Å²) < 4.78 is 0. The molecule has 0 aromatic heterocycles. The molecule has 0 atom stereocenters. The minimum atomic E-state index is -0.274. The molecule has 2 aromatic rings. The minimum Gasteiger partial charge on any atom is -0.0654 e. The van der Waals surface area contributed by atoms with Crippen LogP contribution in [-0.2, 0) is 0 Å². The van der Waals surface area contributed by atoms with Crippen LogP contribution in [0.25, 0.3) is 0 Å². The van der Waals surface area contributed by atoms with Crippen LogP contribution in [0, 0.1) is 41.5 Å². The number of benzene rings is 2. The third-order valence-corrected chi connectivity index (χ3v) is 9.27. The van der Waals surface area contributed by atoms with Gasteiger partial charge in [0, 0.05) is 0 Å². The highest BCUT2D eigenvalue weighted by Gasteiger charge is 2.20. The van der Waals surface area contributed by atoms with E-state index in [1.807, 2.05) is 0 Å². The lowest BCUT2D eigenvalue weighted by atomic mass is 10.0. The van der Waals surface area contributed by atoms with E-state index < -0.39 is 0 Å². The van der Waals surface area contributed by atoms with Crippen molar-refractivity contribution in [1.29, 1.82) is 0 Å². The average molecular weight is 383 g/mol. The molecular formula is C26H39P. The Morgan fingerprint density at radius 2 is 1.00 bits per heavy atom. The van der Waals surface area contributed by atoms with Gasteiger partial charge in [0.05, 0.1) is 0 Å². The molecule has 0 nitrogen and oxygen atoms in total. The van der Waals surface area contributed by atoms with Crippen molar-refractivity contribution < 1.29 is 0 Å². The molecule has 0 saturated heterocycles. The monoisotopic (exact) mass is 382 g/mol. The first-order valence-corrected chi connectivity index (χ1v) is 12.3. The van der Waals surface area contributed by atoms with Crippen LogP contribution in [0.2, 0.25) is 0 Å². The standard InChI is InChI=1S/C26H39P/c1-8-9-10-11-12-13-18-27(25-16-14-19(2)21(4)23(25)6)26-17-15-20(3)22(5)24(26)7/h14-17H,8-13,18H2,1-7H3. The molecule has 0 aliphatic carbocycles. The molecule has 0 aliphatic heterocycles. The van der Waals surface area contributed by atoms with Crippen LogP contribution >= 0.6 is 7.92 Å². The van der Waals surface area contributed by atoms with Gasteiger partial charge in [-0.25, -0.2) is 0 Å². The highest BCUT2D eigenvalue weighted by molar-refractivity contribution is 7.73. The molecule has 0 fully saturated rings. The Hall–Kier alpha value is -1.13. The maximum Gasteiger partial charge on any atom is -0.0163 e. The summed E-state index contributed by atoms with van der Waals surface area (Å²) in [6, 6.07) is 9.53. The predicted molar refractivity (Wildman–Crippen MR) is 126 cm³/mol. The van der Waals surface area contributed by atoms with E-state index in [2.05, 4.69) is 72.7 Å². The molecular weight excluding hydrogens is 343 g/mol. The zero-order valence-corrected chi connectivity index (χ0v) is 19.6. The van der Waals surface area contributed by atoms with Gasteiger partial charge in [-0.1, -0.05) is 63.3 Å². The second-order valence-corrected chi connectivity index (χ2v) is 10.5. The normalized spacial score (nSPS) is 11.4. The quantitative estimate of drug-likeness (QED) is 0.314.